The third kappa shape index (κ3) is 2.75. The summed E-state index contributed by atoms with van der Waals surface area (Å²) in [5.41, 5.74) is 1.78. The predicted molar refractivity (Wildman–Crippen MR) is 94.7 cm³/mol. The molecule has 0 radical (unpaired) electrons. The van der Waals surface area contributed by atoms with Crippen LogP contribution >= 0.6 is 0 Å². The average molecular weight is 351 g/mol. The van der Waals surface area contributed by atoms with Crippen LogP contribution in [0.1, 0.15) is 42.3 Å². The molecule has 2 heterocycles. The molecule has 132 valence electrons. The van der Waals surface area contributed by atoms with Crippen LogP contribution in [0.25, 0.3) is 5.52 Å². The second kappa shape index (κ2) is 6.84. The van der Waals surface area contributed by atoms with Crippen molar-refractivity contribution in [1.29, 1.82) is 0 Å². The molecule has 0 aliphatic heterocycles. The van der Waals surface area contributed by atoms with E-state index < -0.39 is 11.9 Å². The van der Waals surface area contributed by atoms with Gasteiger partial charge in [-0.05, 0) is 19.1 Å². The molecule has 0 unspecified atom stereocenters. The van der Waals surface area contributed by atoms with Crippen LogP contribution in [0.2, 0.25) is 0 Å². The fourth-order valence-electron chi connectivity index (χ4n) is 2.88. The lowest BCUT2D eigenvalue weighted by molar-refractivity contribution is 0.0556. The molecule has 0 bridgehead atoms. The molecule has 0 saturated heterocycles. The number of nitrogens with zero attached hydrogens (tertiary/aromatic N) is 1. The van der Waals surface area contributed by atoms with Gasteiger partial charge in [0.05, 0.1) is 19.7 Å². The number of ketones is 1. The number of benzene rings is 1. The summed E-state index contributed by atoms with van der Waals surface area (Å²) < 4.78 is 11.2. The molecule has 3 rings (SSSR count). The highest BCUT2D eigenvalue weighted by molar-refractivity contribution is 6.19. The Kier molecular flexibility index (Phi) is 4.58. The Labute approximate surface area is 150 Å². The summed E-state index contributed by atoms with van der Waals surface area (Å²) in [4.78, 5) is 37.9. The number of fused-ring (bicyclic) bond motifs is 1. The summed E-state index contributed by atoms with van der Waals surface area (Å²) in [5.74, 6) is -1.87. The molecule has 0 aliphatic rings. The average Bonchev–Trinajstić information content (AvgIpc) is 3.02. The number of hydrogen-bond donors (Lipinski definition) is 0. The molecule has 26 heavy (non-hydrogen) atoms. The molecule has 0 aliphatic carbocycles. The summed E-state index contributed by atoms with van der Waals surface area (Å²) in [6.07, 6.45) is 1.62. The lowest BCUT2D eigenvalue weighted by Gasteiger charge is -2.06. The number of aryl methyl sites for hydroxylation is 1. The van der Waals surface area contributed by atoms with Crippen molar-refractivity contribution < 1.29 is 23.9 Å². The van der Waals surface area contributed by atoms with E-state index in [4.69, 9.17) is 9.47 Å². The van der Waals surface area contributed by atoms with Gasteiger partial charge < -0.3 is 13.9 Å². The van der Waals surface area contributed by atoms with Gasteiger partial charge in [-0.15, -0.1) is 0 Å². The van der Waals surface area contributed by atoms with Crippen LogP contribution in [0.4, 0.5) is 0 Å². The van der Waals surface area contributed by atoms with Crippen molar-refractivity contribution in [1.82, 2.24) is 4.40 Å². The molecule has 3 aromatic rings. The SMILES string of the molecule is COC(=O)c1c(C(=O)OC)c2ccccn2c1C(=O)c1ccc(C)cc1. The highest BCUT2D eigenvalue weighted by atomic mass is 16.5. The Balaban J connectivity index is 2.36. The zero-order chi connectivity index (χ0) is 18.8. The molecule has 0 fully saturated rings. The Bertz CT molecular complexity index is 1010. The first-order valence-electron chi connectivity index (χ1n) is 7.90. The number of carbonyl (C=O) groups excluding carboxylic acids is 3. The van der Waals surface area contributed by atoms with Crippen LogP contribution in [-0.4, -0.2) is 36.3 Å². The lowest BCUT2D eigenvalue weighted by atomic mass is 10.0. The highest BCUT2D eigenvalue weighted by Gasteiger charge is 2.32. The Morgan fingerprint density at radius 1 is 0.846 bits per heavy atom. The van der Waals surface area contributed by atoms with E-state index in [0.717, 1.165) is 5.56 Å². The predicted octanol–water partition coefficient (Wildman–Crippen LogP) is 3.05. The molecule has 0 spiro atoms. The maximum absolute atomic E-state index is 13.2. The second-order valence-electron chi connectivity index (χ2n) is 5.73. The van der Waals surface area contributed by atoms with E-state index in [1.807, 2.05) is 19.1 Å². The molecule has 6 heteroatoms. The quantitative estimate of drug-likeness (QED) is 0.533. The monoisotopic (exact) mass is 351 g/mol. The van der Waals surface area contributed by atoms with E-state index in [1.54, 1.807) is 36.5 Å². The maximum atomic E-state index is 13.2. The molecule has 2 aromatic heterocycles. The third-order valence-electron chi connectivity index (χ3n) is 4.15. The zero-order valence-corrected chi connectivity index (χ0v) is 14.6. The highest BCUT2D eigenvalue weighted by Crippen LogP contribution is 2.27. The van der Waals surface area contributed by atoms with E-state index in [2.05, 4.69) is 0 Å². The summed E-state index contributed by atoms with van der Waals surface area (Å²) in [5, 5.41) is 0. The molecule has 1 aromatic carbocycles. The summed E-state index contributed by atoms with van der Waals surface area (Å²) in [6, 6.07) is 12.0. The third-order valence-corrected chi connectivity index (χ3v) is 4.15. The van der Waals surface area contributed by atoms with Crippen molar-refractivity contribution >= 4 is 23.2 Å². The van der Waals surface area contributed by atoms with E-state index in [-0.39, 0.29) is 22.6 Å². The van der Waals surface area contributed by atoms with E-state index in [1.165, 1.54) is 18.6 Å². The minimum atomic E-state index is -0.774. The van der Waals surface area contributed by atoms with Gasteiger partial charge in [0.1, 0.15) is 16.8 Å². The van der Waals surface area contributed by atoms with Gasteiger partial charge in [-0.2, -0.15) is 0 Å². The van der Waals surface area contributed by atoms with Crippen LogP contribution in [0.15, 0.2) is 48.7 Å². The summed E-state index contributed by atoms with van der Waals surface area (Å²) in [6.45, 7) is 1.91. The van der Waals surface area contributed by atoms with Crippen LogP contribution in [0, 0.1) is 6.92 Å². The van der Waals surface area contributed by atoms with Gasteiger partial charge in [-0.3, -0.25) is 4.79 Å². The first-order valence-corrected chi connectivity index (χ1v) is 7.90. The van der Waals surface area contributed by atoms with E-state index in [0.29, 0.717) is 11.1 Å². The second-order valence-corrected chi connectivity index (χ2v) is 5.73. The summed E-state index contributed by atoms with van der Waals surface area (Å²) in [7, 11) is 2.42. The van der Waals surface area contributed by atoms with Gasteiger partial charge in [-0.1, -0.05) is 35.9 Å². The van der Waals surface area contributed by atoms with Crippen LogP contribution in [-0.2, 0) is 9.47 Å². The fraction of sp³-hybridized carbons (Fsp3) is 0.150. The molecular weight excluding hydrogens is 334 g/mol. The van der Waals surface area contributed by atoms with Gasteiger partial charge in [0.2, 0.25) is 5.78 Å². The smallest absolute Gasteiger partial charge is 0.341 e. The van der Waals surface area contributed by atoms with Crippen LogP contribution < -0.4 is 0 Å². The molecule has 0 amide bonds. The van der Waals surface area contributed by atoms with Gasteiger partial charge >= 0.3 is 11.9 Å². The standard InChI is InChI=1S/C20H17NO5/c1-12-7-9-13(10-8-12)18(22)17-16(20(24)26-3)15(19(23)25-2)14-6-4-5-11-21(14)17/h4-11H,1-3H3. The van der Waals surface area contributed by atoms with Gasteiger partial charge in [0.15, 0.2) is 0 Å². The number of pyridine rings is 1. The van der Waals surface area contributed by atoms with Gasteiger partial charge in [-0.25, -0.2) is 9.59 Å². The number of methoxy groups -OCH3 is 2. The van der Waals surface area contributed by atoms with E-state index >= 15 is 0 Å². The summed E-state index contributed by atoms with van der Waals surface area (Å²) >= 11 is 0. The number of ether oxygens (including phenoxy) is 2. The van der Waals surface area contributed by atoms with Gasteiger partial charge in [0, 0.05) is 11.8 Å². The van der Waals surface area contributed by atoms with Crippen molar-refractivity contribution in [3.8, 4) is 0 Å². The van der Waals surface area contributed by atoms with Crippen molar-refractivity contribution in [3.05, 3.63) is 76.6 Å². The largest absolute Gasteiger partial charge is 0.465 e. The van der Waals surface area contributed by atoms with E-state index in [9.17, 15) is 14.4 Å². The lowest BCUT2D eigenvalue weighted by Crippen LogP contribution is -2.15. The fourth-order valence-corrected chi connectivity index (χ4v) is 2.88. The van der Waals surface area contributed by atoms with Crippen molar-refractivity contribution in [2.75, 3.05) is 14.2 Å². The maximum Gasteiger partial charge on any atom is 0.341 e. The minimum absolute atomic E-state index is 0.00964. The number of esters is 2. The number of aromatic nitrogens is 1. The Hall–Kier alpha value is -3.41. The molecular formula is C20H17NO5. The van der Waals surface area contributed by atoms with Gasteiger partial charge in [0.25, 0.3) is 0 Å². The number of hydrogen-bond acceptors (Lipinski definition) is 5. The topological polar surface area (TPSA) is 74.1 Å². The van der Waals surface area contributed by atoms with Crippen LogP contribution in [0.5, 0.6) is 0 Å². The molecule has 6 nitrogen and oxygen atoms in total. The first-order chi connectivity index (χ1) is 12.5. The molecule has 0 atom stereocenters. The van der Waals surface area contributed by atoms with Crippen molar-refractivity contribution in [3.63, 3.8) is 0 Å². The minimum Gasteiger partial charge on any atom is -0.465 e. The normalized spacial score (nSPS) is 10.6. The first kappa shape index (κ1) is 17.4. The number of rotatable bonds is 4. The molecule has 0 saturated carbocycles. The number of carbonyl (C=O) groups is 3. The van der Waals surface area contributed by atoms with Crippen LogP contribution in [0.3, 0.4) is 0 Å². The Morgan fingerprint density at radius 2 is 1.46 bits per heavy atom. The zero-order valence-electron chi connectivity index (χ0n) is 14.6. The Morgan fingerprint density at radius 3 is 2.08 bits per heavy atom. The molecule has 0 N–H and O–H groups in total. The van der Waals surface area contributed by atoms with Crippen molar-refractivity contribution in [2.45, 2.75) is 6.92 Å². The van der Waals surface area contributed by atoms with Crippen molar-refractivity contribution in [2.24, 2.45) is 0 Å².